The number of hydrogen-bond acceptors (Lipinski definition) is 2. The van der Waals surface area contributed by atoms with Crippen LogP contribution in [0.4, 0.5) is 0 Å². The minimum Gasteiger partial charge on any atom is -0.253 e. The second kappa shape index (κ2) is 5.19. The monoisotopic (exact) mass is 248 g/mol. The van der Waals surface area contributed by atoms with Gasteiger partial charge in [0.2, 0.25) is 0 Å². The van der Waals surface area contributed by atoms with Crippen molar-refractivity contribution in [2.45, 2.75) is 19.8 Å². The molecule has 0 aliphatic heterocycles. The maximum atomic E-state index is 4.65. The molecular weight excluding hydrogens is 232 g/mol. The molecule has 0 saturated carbocycles. The highest BCUT2D eigenvalue weighted by Gasteiger charge is 2.00. The fourth-order valence-electron chi connectivity index (χ4n) is 2.14. The molecular formula is C17H16N2. The van der Waals surface area contributed by atoms with Gasteiger partial charge in [0.15, 0.2) is 0 Å². The van der Waals surface area contributed by atoms with Gasteiger partial charge in [-0.05, 0) is 37.5 Å². The van der Waals surface area contributed by atoms with Gasteiger partial charge in [-0.15, -0.1) is 0 Å². The zero-order chi connectivity index (χ0) is 13.1. The Bertz CT molecular complexity index is 687. The van der Waals surface area contributed by atoms with Gasteiger partial charge >= 0.3 is 0 Å². The van der Waals surface area contributed by atoms with Crippen molar-refractivity contribution in [1.82, 2.24) is 9.97 Å². The van der Waals surface area contributed by atoms with Crippen LogP contribution >= 0.6 is 0 Å². The lowest BCUT2D eigenvalue weighted by Gasteiger charge is -2.03. The summed E-state index contributed by atoms with van der Waals surface area (Å²) in [7, 11) is 0. The van der Waals surface area contributed by atoms with Gasteiger partial charge in [0.25, 0.3) is 0 Å². The molecule has 0 aliphatic carbocycles. The predicted molar refractivity (Wildman–Crippen MR) is 78.1 cm³/mol. The first-order valence-corrected chi connectivity index (χ1v) is 6.57. The van der Waals surface area contributed by atoms with Crippen molar-refractivity contribution in [2.75, 3.05) is 0 Å². The average Bonchev–Trinajstić information content (AvgIpc) is 2.46. The molecule has 94 valence electrons. The van der Waals surface area contributed by atoms with Gasteiger partial charge in [-0.2, -0.15) is 0 Å². The molecule has 19 heavy (non-hydrogen) atoms. The molecule has 0 spiro atoms. The molecule has 3 rings (SSSR count). The van der Waals surface area contributed by atoms with E-state index in [9.17, 15) is 0 Å². The Morgan fingerprint density at radius 3 is 2.37 bits per heavy atom. The smallest absolute Gasteiger partial charge is 0.0890 e. The van der Waals surface area contributed by atoms with Crippen molar-refractivity contribution in [3.8, 4) is 0 Å². The SMILES string of the molecule is Cc1ccc(CCc2cnc3ccccc3n2)cc1. The number of aryl methyl sites for hydroxylation is 3. The standard InChI is InChI=1S/C17H16N2/c1-13-6-8-14(9-7-13)10-11-15-12-18-16-4-2-3-5-17(16)19-15/h2-9,12H,10-11H2,1H3. The predicted octanol–water partition coefficient (Wildman–Crippen LogP) is 3.72. The van der Waals surface area contributed by atoms with Gasteiger partial charge in [-0.1, -0.05) is 42.0 Å². The van der Waals surface area contributed by atoms with E-state index in [2.05, 4.69) is 41.2 Å². The first-order chi connectivity index (χ1) is 9.31. The maximum Gasteiger partial charge on any atom is 0.0890 e. The van der Waals surface area contributed by atoms with E-state index < -0.39 is 0 Å². The summed E-state index contributed by atoms with van der Waals surface area (Å²) in [5, 5.41) is 0. The van der Waals surface area contributed by atoms with Gasteiger partial charge in [0.1, 0.15) is 0 Å². The lowest BCUT2D eigenvalue weighted by Crippen LogP contribution is -1.96. The van der Waals surface area contributed by atoms with Crippen LogP contribution in [0.2, 0.25) is 0 Å². The van der Waals surface area contributed by atoms with Crippen molar-refractivity contribution >= 4 is 11.0 Å². The first-order valence-electron chi connectivity index (χ1n) is 6.57. The summed E-state index contributed by atoms with van der Waals surface area (Å²) < 4.78 is 0. The molecule has 0 unspecified atom stereocenters. The molecule has 1 aromatic heterocycles. The van der Waals surface area contributed by atoms with Gasteiger partial charge in [0, 0.05) is 6.20 Å². The summed E-state index contributed by atoms with van der Waals surface area (Å²) in [4.78, 5) is 9.09. The summed E-state index contributed by atoms with van der Waals surface area (Å²) in [5.41, 5.74) is 5.64. The van der Waals surface area contributed by atoms with Crippen molar-refractivity contribution in [2.24, 2.45) is 0 Å². The molecule has 0 fully saturated rings. The van der Waals surface area contributed by atoms with E-state index in [1.165, 1.54) is 11.1 Å². The quantitative estimate of drug-likeness (QED) is 0.706. The summed E-state index contributed by atoms with van der Waals surface area (Å²) in [6.45, 7) is 2.11. The Balaban J connectivity index is 1.76. The van der Waals surface area contributed by atoms with Crippen LogP contribution in [0, 0.1) is 6.92 Å². The molecule has 0 saturated heterocycles. The molecule has 0 radical (unpaired) electrons. The molecule has 0 N–H and O–H groups in total. The third kappa shape index (κ3) is 2.79. The van der Waals surface area contributed by atoms with Crippen LogP contribution in [0.15, 0.2) is 54.7 Å². The normalized spacial score (nSPS) is 10.8. The van der Waals surface area contributed by atoms with Crippen LogP contribution in [0.1, 0.15) is 16.8 Å². The Kier molecular flexibility index (Phi) is 3.23. The number of nitrogens with zero attached hydrogens (tertiary/aromatic N) is 2. The lowest BCUT2D eigenvalue weighted by molar-refractivity contribution is 0.912. The molecule has 2 nitrogen and oxygen atoms in total. The Morgan fingerprint density at radius 1 is 0.842 bits per heavy atom. The van der Waals surface area contributed by atoms with Crippen LogP contribution in [-0.4, -0.2) is 9.97 Å². The van der Waals surface area contributed by atoms with Crippen LogP contribution in [-0.2, 0) is 12.8 Å². The average molecular weight is 248 g/mol. The molecule has 0 atom stereocenters. The second-order valence-corrected chi connectivity index (χ2v) is 4.84. The van der Waals surface area contributed by atoms with E-state index in [-0.39, 0.29) is 0 Å². The molecule has 0 aliphatic rings. The highest BCUT2D eigenvalue weighted by atomic mass is 14.8. The lowest BCUT2D eigenvalue weighted by atomic mass is 10.1. The number of aromatic nitrogens is 2. The van der Waals surface area contributed by atoms with E-state index in [1.54, 1.807) is 0 Å². The molecule has 2 heteroatoms. The van der Waals surface area contributed by atoms with Crippen LogP contribution in [0.3, 0.4) is 0 Å². The van der Waals surface area contributed by atoms with Gasteiger partial charge in [-0.3, -0.25) is 4.98 Å². The summed E-state index contributed by atoms with van der Waals surface area (Å²) in [6, 6.07) is 16.7. The first kappa shape index (κ1) is 11.8. The van der Waals surface area contributed by atoms with E-state index in [4.69, 9.17) is 0 Å². The van der Waals surface area contributed by atoms with Crippen LogP contribution < -0.4 is 0 Å². The largest absolute Gasteiger partial charge is 0.253 e. The van der Waals surface area contributed by atoms with E-state index in [0.717, 1.165) is 29.6 Å². The van der Waals surface area contributed by atoms with Crippen molar-refractivity contribution in [3.05, 3.63) is 71.5 Å². The molecule has 2 aromatic carbocycles. The van der Waals surface area contributed by atoms with E-state index >= 15 is 0 Å². The Hall–Kier alpha value is -2.22. The Labute approximate surface area is 113 Å². The fraction of sp³-hybridized carbons (Fsp3) is 0.176. The van der Waals surface area contributed by atoms with Gasteiger partial charge in [-0.25, -0.2) is 4.98 Å². The molecule has 3 aromatic rings. The summed E-state index contributed by atoms with van der Waals surface area (Å²) >= 11 is 0. The maximum absolute atomic E-state index is 4.65. The van der Waals surface area contributed by atoms with E-state index in [0.29, 0.717) is 0 Å². The van der Waals surface area contributed by atoms with E-state index in [1.807, 2.05) is 30.5 Å². The van der Waals surface area contributed by atoms with Crippen molar-refractivity contribution in [3.63, 3.8) is 0 Å². The molecule has 0 amide bonds. The zero-order valence-corrected chi connectivity index (χ0v) is 11.0. The third-order valence-corrected chi connectivity index (χ3v) is 3.29. The number of hydrogen-bond donors (Lipinski definition) is 0. The zero-order valence-electron chi connectivity index (χ0n) is 11.0. The minimum absolute atomic E-state index is 0.931. The van der Waals surface area contributed by atoms with Gasteiger partial charge in [0.05, 0.1) is 16.7 Å². The number of rotatable bonds is 3. The molecule has 0 bridgehead atoms. The van der Waals surface area contributed by atoms with Crippen molar-refractivity contribution in [1.29, 1.82) is 0 Å². The summed E-state index contributed by atoms with van der Waals surface area (Å²) in [5.74, 6) is 0. The number of fused-ring (bicyclic) bond motifs is 1. The topological polar surface area (TPSA) is 25.8 Å². The summed E-state index contributed by atoms with van der Waals surface area (Å²) in [6.07, 6.45) is 3.82. The second-order valence-electron chi connectivity index (χ2n) is 4.84. The van der Waals surface area contributed by atoms with Gasteiger partial charge < -0.3 is 0 Å². The highest BCUT2D eigenvalue weighted by Crippen LogP contribution is 2.11. The minimum atomic E-state index is 0.931. The molecule has 1 heterocycles. The number of benzene rings is 2. The van der Waals surface area contributed by atoms with Crippen LogP contribution in [0.5, 0.6) is 0 Å². The number of para-hydroxylation sites is 2. The highest BCUT2D eigenvalue weighted by molar-refractivity contribution is 5.73. The Morgan fingerprint density at radius 2 is 1.58 bits per heavy atom. The fourth-order valence-corrected chi connectivity index (χ4v) is 2.14. The van der Waals surface area contributed by atoms with Crippen molar-refractivity contribution < 1.29 is 0 Å². The third-order valence-electron chi connectivity index (χ3n) is 3.29. The van der Waals surface area contributed by atoms with Crippen LogP contribution in [0.25, 0.3) is 11.0 Å².